The van der Waals surface area contributed by atoms with Gasteiger partial charge in [0.15, 0.2) is 24.0 Å². The van der Waals surface area contributed by atoms with Gasteiger partial charge in [0, 0.05) is 27.7 Å². The zero-order valence-corrected chi connectivity index (χ0v) is 22.1. The molecular formula is C21H22Cl3NO12. The summed E-state index contributed by atoms with van der Waals surface area (Å²) in [6, 6.07) is 1.25. The molecule has 37 heavy (non-hydrogen) atoms. The fraction of sp³-hybridized carbons (Fsp3) is 0.524. The highest BCUT2D eigenvalue weighted by Gasteiger charge is 2.53. The standard InChI is InChI=1S/C21H22Cl3NO12/c1-8(26)31-6-14-16(33-9(2)27)17(34-10(3)28)18(35-11(4)29)21(36-14)37-15(30)7-32-20-13(23)5-12(22)19(24)25-20/h5,14,16-18,21H,6-7H2,1-4H3/t14-,16-,17+,18+,21?/m0/s1. The van der Waals surface area contributed by atoms with E-state index in [-0.39, 0.29) is 21.1 Å². The molecule has 0 aromatic carbocycles. The lowest BCUT2D eigenvalue weighted by Crippen LogP contribution is -2.63. The molecule has 1 saturated heterocycles. The lowest BCUT2D eigenvalue weighted by atomic mass is 9.98. The highest BCUT2D eigenvalue weighted by Crippen LogP contribution is 2.32. The maximum Gasteiger partial charge on any atom is 0.346 e. The van der Waals surface area contributed by atoms with Crippen molar-refractivity contribution in [2.45, 2.75) is 58.4 Å². The van der Waals surface area contributed by atoms with Crippen molar-refractivity contribution in [1.29, 1.82) is 0 Å². The maximum absolute atomic E-state index is 12.6. The van der Waals surface area contributed by atoms with Crippen LogP contribution in [0.2, 0.25) is 15.2 Å². The van der Waals surface area contributed by atoms with Crippen molar-refractivity contribution in [2.75, 3.05) is 13.2 Å². The van der Waals surface area contributed by atoms with Crippen LogP contribution >= 0.6 is 34.8 Å². The average Bonchev–Trinajstić information content (AvgIpc) is 2.77. The Kier molecular flexibility index (Phi) is 11.2. The highest BCUT2D eigenvalue weighted by atomic mass is 35.5. The molecule has 2 heterocycles. The van der Waals surface area contributed by atoms with Gasteiger partial charge in [0.1, 0.15) is 17.7 Å². The van der Waals surface area contributed by atoms with E-state index in [1.807, 2.05) is 0 Å². The molecule has 0 saturated carbocycles. The summed E-state index contributed by atoms with van der Waals surface area (Å²) in [6.45, 7) is 3.01. The molecule has 1 aromatic rings. The number of carbonyl (C=O) groups is 5. The minimum atomic E-state index is -1.71. The van der Waals surface area contributed by atoms with Gasteiger partial charge in [0.25, 0.3) is 0 Å². The van der Waals surface area contributed by atoms with Gasteiger partial charge in [-0.25, -0.2) is 4.79 Å². The topological polar surface area (TPSA) is 163 Å². The number of ether oxygens (including phenoxy) is 7. The van der Waals surface area contributed by atoms with Crippen LogP contribution in [-0.4, -0.2) is 78.8 Å². The quantitative estimate of drug-likeness (QED) is 0.235. The van der Waals surface area contributed by atoms with Gasteiger partial charge < -0.3 is 33.2 Å². The van der Waals surface area contributed by atoms with E-state index in [1.54, 1.807) is 0 Å². The molecule has 0 spiro atoms. The summed E-state index contributed by atoms with van der Waals surface area (Å²) in [5.74, 6) is -4.52. The van der Waals surface area contributed by atoms with Gasteiger partial charge in [-0.1, -0.05) is 34.8 Å². The molecule has 1 aliphatic rings. The van der Waals surface area contributed by atoms with E-state index >= 15 is 0 Å². The SMILES string of the molecule is CC(=O)OC[C@@H]1OC(OC(=O)COc2nc(Cl)c(Cl)cc2Cl)[C@H](OC(C)=O)[C@H](OC(C)=O)[C@H]1OC(C)=O. The molecular weight excluding hydrogens is 565 g/mol. The Morgan fingerprint density at radius 1 is 0.811 bits per heavy atom. The van der Waals surface area contributed by atoms with Crippen LogP contribution < -0.4 is 4.74 Å². The Morgan fingerprint density at radius 3 is 1.95 bits per heavy atom. The van der Waals surface area contributed by atoms with Gasteiger partial charge >= 0.3 is 29.8 Å². The molecule has 1 fully saturated rings. The first-order chi connectivity index (χ1) is 17.3. The molecule has 1 aliphatic heterocycles. The van der Waals surface area contributed by atoms with Crippen LogP contribution in [0, 0.1) is 0 Å². The second-order valence-electron chi connectivity index (χ2n) is 7.39. The van der Waals surface area contributed by atoms with Crippen molar-refractivity contribution in [2.24, 2.45) is 0 Å². The number of hydrogen-bond acceptors (Lipinski definition) is 13. The number of nitrogens with zero attached hydrogens (tertiary/aromatic N) is 1. The van der Waals surface area contributed by atoms with E-state index in [1.165, 1.54) is 6.07 Å². The predicted octanol–water partition coefficient (Wildman–Crippen LogP) is 2.05. The zero-order chi connectivity index (χ0) is 27.9. The number of esters is 5. The Balaban J connectivity index is 2.31. The summed E-state index contributed by atoms with van der Waals surface area (Å²) in [6.07, 6.45) is -7.52. The molecule has 204 valence electrons. The van der Waals surface area contributed by atoms with E-state index in [2.05, 4.69) is 4.98 Å². The summed E-state index contributed by atoms with van der Waals surface area (Å²) < 4.78 is 36.7. The van der Waals surface area contributed by atoms with Gasteiger partial charge in [0.2, 0.25) is 18.3 Å². The van der Waals surface area contributed by atoms with Gasteiger partial charge in [-0.05, 0) is 6.07 Å². The van der Waals surface area contributed by atoms with Crippen molar-refractivity contribution in [1.82, 2.24) is 4.98 Å². The first-order valence-corrected chi connectivity index (χ1v) is 11.6. The zero-order valence-electron chi connectivity index (χ0n) is 19.9. The smallest absolute Gasteiger partial charge is 0.346 e. The van der Waals surface area contributed by atoms with E-state index < -0.39 is 73.8 Å². The van der Waals surface area contributed by atoms with E-state index in [0.717, 1.165) is 27.7 Å². The summed E-state index contributed by atoms with van der Waals surface area (Å²) >= 11 is 17.6. The Hall–Kier alpha value is -2.87. The van der Waals surface area contributed by atoms with Gasteiger partial charge in [-0.3, -0.25) is 19.2 Å². The van der Waals surface area contributed by atoms with Crippen LogP contribution in [0.5, 0.6) is 5.88 Å². The second-order valence-corrected chi connectivity index (χ2v) is 8.57. The van der Waals surface area contributed by atoms with Gasteiger partial charge in [0.05, 0.1) is 5.02 Å². The van der Waals surface area contributed by atoms with Crippen molar-refractivity contribution < 1.29 is 57.1 Å². The van der Waals surface area contributed by atoms with Crippen molar-refractivity contribution in [3.8, 4) is 5.88 Å². The van der Waals surface area contributed by atoms with E-state index in [0.29, 0.717) is 0 Å². The van der Waals surface area contributed by atoms with Gasteiger partial charge in [-0.15, -0.1) is 0 Å². The number of carbonyl (C=O) groups excluding carboxylic acids is 5. The average molecular weight is 587 g/mol. The second kappa shape index (κ2) is 13.6. The largest absolute Gasteiger partial charge is 0.465 e. The summed E-state index contributed by atoms with van der Waals surface area (Å²) in [7, 11) is 0. The van der Waals surface area contributed by atoms with E-state index in [9.17, 15) is 24.0 Å². The lowest BCUT2D eigenvalue weighted by Gasteiger charge is -2.43. The third kappa shape index (κ3) is 9.18. The lowest BCUT2D eigenvalue weighted by molar-refractivity contribution is -0.301. The Bertz CT molecular complexity index is 1050. The third-order valence-corrected chi connectivity index (χ3v) is 5.32. The Morgan fingerprint density at radius 2 is 1.38 bits per heavy atom. The molecule has 0 aliphatic carbocycles. The summed E-state index contributed by atoms with van der Waals surface area (Å²) in [4.78, 5) is 63.1. The molecule has 13 nitrogen and oxygen atoms in total. The molecule has 0 amide bonds. The van der Waals surface area contributed by atoms with Crippen LogP contribution in [-0.2, 0) is 52.4 Å². The number of rotatable bonds is 9. The maximum atomic E-state index is 12.6. The summed E-state index contributed by atoms with van der Waals surface area (Å²) in [5, 5.41) is -0.123. The molecule has 1 aromatic heterocycles. The number of hydrogen-bond donors (Lipinski definition) is 0. The molecule has 1 unspecified atom stereocenters. The Labute approximate surface area is 225 Å². The fourth-order valence-corrected chi connectivity index (χ4v) is 3.65. The van der Waals surface area contributed by atoms with Crippen molar-refractivity contribution in [3.63, 3.8) is 0 Å². The number of aromatic nitrogens is 1. The van der Waals surface area contributed by atoms with E-state index in [4.69, 9.17) is 68.0 Å². The minimum Gasteiger partial charge on any atom is -0.465 e. The monoisotopic (exact) mass is 585 g/mol. The minimum absolute atomic E-state index is 0.0468. The first-order valence-electron chi connectivity index (χ1n) is 10.4. The predicted molar refractivity (Wildman–Crippen MR) is 123 cm³/mol. The molecule has 0 radical (unpaired) electrons. The third-order valence-electron chi connectivity index (χ3n) is 4.38. The molecule has 5 atom stereocenters. The number of halogens is 3. The molecule has 0 N–H and O–H groups in total. The van der Waals surface area contributed by atoms with Crippen LogP contribution in [0.15, 0.2) is 6.07 Å². The highest BCUT2D eigenvalue weighted by molar-refractivity contribution is 6.42. The van der Waals surface area contributed by atoms with Crippen LogP contribution in [0.3, 0.4) is 0 Å². The molecule has 2 rings (SSSR count). The number of pyridine rings is 1. The van der Waals surface area contributed by atoms with Crippen molar-refractivity contribution in [3.05, 3.63) is 21.3 Å². The molecule has 16 heteroatoms. The van der Waals surface area contributed by atoms with Crippen LogP contribution in [0.25, 0.3) is 0 Å². The summed E-state index contributed by atoms with van der Waals surface area (Å²) in [5.41, 5.74) is 0. The molecule has 0 bridgehead atoms. The van der Waals surface area contributed by atoms with Crippen molar-refractivity contribution >= 4 is 64.6 Å². The normalized spacial score (nSPS) is 22.8. The first kappa shape index (κ1) is 30.4. The van der Waals surface area contributed by atoms with Crippen LogP contribution in [0.4, 0.5) is 0 Å². The fourth-order valence-electron chi connectivity index (χ4n) is 3.10. The van der Waals surface area contributed by atoms with Crippen LogP contribution in [0.1, 0.15) is 27.7 Å². The van der Waals surface area contributed by atoms with Gasteiger partial charge in [-0.2, -0.15) is 4.98 Å².